The highest BCUT2D eigenvalue weighted by molar-refractivity contribution is 6.30. The van der Waals surface area contributed by atoms with Gasteiger partial charge in [0.1, 0.15) is 5.75 Å². The minimum Gasteiger partial charge on any atom is -0.483 e. The maximum absolute atomic E-state index is 12.2. The molecule has 1 aliphatic rings. The van der Waals surface area contributed by atoms with Gasteiger partial charge in [0.05, 0.1) is 17.1 Å². The van der Waals surface area contributed by atoms with Crippen molar-refractivity contribution >= 4 is 23.2 Å². The first-order chi connectivity index (χ1) is 12.0. The molecule has 1 aromatic heterocycles. The molecule has 3 rings (SSSR count). The van der Waals surface area contributed by atoms with Crippen molar-refractivity contribution in [2.75, 3.05) is 11.9 Å². The molecule has 0 bridgehead atoms. The number of aryl methyl sites for hydroxylation is 2. The highest BCUT2D eigenvalue weighted by atomic mass is 35.5. The molecular weight excluding hydrogens is 338 g/mol. The second-order valence-electron chi connectivity index (χ2n) is 6.66. The van der Waals surface area contributed by atoms with Gasteiger partial charge in [-0.15, -0.1) is 0 Å². The second kappa shape index (κ2) is 7.91. The summed E-state index contributed by atoms with van der Waals surface area (Å²) in [7, 11) is 0. The third-order valence-electron chi connectivity index (χ3n) is 4.77. The zero-order chi connectivity index (χ0) is 17.8. The van der Waals surface area contributed by atoms with Gasteiger partial charge in [-0.1, -0.05) is 30.9 Å². The van der Waals surface area contributed by atoms with Crippen molar-refractivity contribution in [3.63, 3.8) is 0 Å². The van der Waals surface area contributed by atoms with Crippen LogP contribution in [0, 0.1) is 13.8 Å². The van der Waals surface area contributed by atoms with E-state index < -0.39 is 0 Å². The standard InChI is InChI=1S/C19H24ClN3O2/c1-12-19(13(2)23-22-12)21-18(24)11-25-17-9-8-15(20)10-16(17)14-6-4-3-5-7-14/h8-10,14H,3-7,11H2,1-2H3,(H,21,24)(H,22,23). The van der Waals surface area contributed by atoms with E-state index in [1.165, 1.54) is 19.3 Å². The van der Waals surface area contributed by atoms with Crippen LogP contribution in [0.2, 0.25) is 5.02 Å². The number of H-pyrrole nitrogens is 1. The first-order valence-electron chi connectivity index (χ1n) is 8.78. The van der Waals surface area contributed by atoms with Crippen molar-refractivity contribution in [1.82, 2.24) is 10.2 Å². The number of nitrogens with one attached hydrogen (secondary N) is 2. The maximum Gasteiger partial charge on any atom is 0.262 e. The van der Waals surface area contributed by atoms with Crippen LogP contribution in [0.15, 0.2) is 18.2 Å². The average molecular weight is 362 g/mol. The summed E-state index contributed by atoms with van der Waals surface area (Å²) in [6.07, 6.45) is 6.05. The summed E-state index contributed by atoms with van der Waals surface area (Å²) in [5.74, 6) is 1.02. The number of aromatic nitrogens is 2. The van der Waals surface area contributed by atoms with Gasteiger partial charge in [-0.3, -0.25) is 9.89 Å². The molecule has 1 aliphatic carbocycles. The molecule has 0 radical (unpaired) electrons. The van der Waals surface area contributed by atoms with Gasteiger partial charge in [-0.25, -0.2) is 0 Å². The SMILES string of the molecule is Cc1n[nH]c(C)c1NC(=O)COc1ccc(Cl)cc1C1CCCCC1. The summed E-state index contributed by atoms with van der Waals surface area (Å²) in [5.41, 5.74) is 3.44. The third kappa shape index (κ3) is 4.34. The fraction of sp³-hybridized carbons (Fsp3) is 0.474. The number of hydrogen-bond acceptors (Lipinski definition) is 3. The molecule has 1 saturated carbocycles. The quantitative estimate of drug-likeness (QED) is 0.807. The van der Waals surface area contributed by atoms with Gasteiger partial charge in [0, 0.05) is 5.02 Å². The molecule has 1 fully saturated rings. The number of halogens is 1. The van der Waals surface area contributed by atoms with Crippen LogP contribution >= 0.6 is 11.6 Å². The van der Waals surface area contributed by atoms with E-state index in [4.69, 9.17) is 16.3 Å². The van der Waals surface area contributed by atoms with Gasteiger partial charge in [0.15, 0.2) is 6.61 Å². The molecule has 1 aromatic carbocycles. The van der Waals surface area contributed by atoms with Crippen molar-refractivity contribution in [3.05, 3.63) is 40.2 Å². The molecule has 25 heavy (non-hydrogen) atoms. The minimum atomic E-state index is -0.197. The highest BCUT2D eigenvalue weighted by Crippen LogP contribution is 2.38. The van der Waals surface area contributed by atoms with Crippen LogP contribution in [0.1, 0.15) is 55.0 Å². The predicted octanol–water partition coefficient (Wildman–Crippen LogP) is 4.75. The Kier molecular flexibility index (Phi) is 5.63. The van der Waals surface area contributed by atoms with E-state index in [2.05, 4.69) is 15.5 Å². The zero-order valence-electron chi connectivity index (χ0n) is 14.7. The molecule has 5 nitrogen and oxygen atoms in total. The number of carbonyl (C=O) groups is 1. The van der Waals surface area contributed by atoms with E-state index in [0.29, 0.717) is 10.9 Å². The van der Waals surface area contributed by atoms with Crippen LogP contribution in [0.5, 0.6) is 5.75 Å². The summed E-state index contributed by atoms with van der Waals surface area (Å²) in [4.78, 5) is 12.2. The first-order valence-corrected chi connectivity index (χ1v) is 9.16. The summed E-state index contributed by atoms with van der Waals surface area (Å²) in [6, 6.07) is 5.66. The lowest BCUT2D eigenvalue weighted by Gasteiger charge is -2.24. The second-order valence-corrected chi connectivity index (χ2v) is 7.10. The number of carbonyl (C=O) groups excluding carboxylic acids is 1. The predicted molar refractivity (Wildman–Crippen MR) is 99.5 cm³/mol. The zero-order valence-corrected chi connectivity index (χ0v) is 15.4. The first kappa shape index (κ1) is 17.8. The Hall–Kier alpha value is -2.01. The Morgan fingerprint density at radius 1 is 1.32 bits per heavy atom. The van der Waals surface area contributed by atoms with Gasteiger partial charge in [-0.05, 0) is 56.4 Å². The molecular formula is C19H24ClN3O2. The summed E-state index contributed by atoms with van der Waals surface area (Å²) < 4.78 is 5.83. The van der Waals surface area contributed by atoms with E-state index in [0.717, 1.165) is 41.2 Å². The Labute approximate surface area is 153 Å². The lowest BCUT2D eigenvalue weighted by molar-refractivity contribution is -0.118. The molecule has 134 valence electrons. The number of hydrogen-bond donors (Lipinski definition) is 2. The number of ether oxygens (including phenoxy) is 1. The average Bonchev–Trinajstić information content (AvgIpc) is 2.93. The largest absolute Gasteiger partial charge is 0.483 e. The number of aromatic amines is 1. The molecule has 2 N–H and O–H groups in total. The van der Waals surface area contributed by atoms with Crippen molar-refractivity contribution in [2.45, 2.75) is 51.9 Å². The minimum absolute atomic E-state index is 0.0363. The van der Waals surface area contributed by atoms with E-state index in [1.54, 1.807) is 0 Å². The van der Waals surface area contributed by atoms with Crippen molar-refractivity contribution in [2.24, 2.45) is 0 Å². The molecule has 2 aromatic rings. The van der Waals surface area contributed by atoms with E-state index >= 15 is 0 Å². The Balaban J connectivity index is 1.67. The fourth-order valence-electron chi connectivity index (χ4n) is 3.44. The molecule has 0 spiro atoms. The van der Waals surface area contributed by atoms with Crippen molar-refractivity contribution in [3.8, 4) is 5.75 Å². The van der Waals surface area contributed by atoms with Gasteiger partial charge in [0.25, 0.3) is 5.91 Å². The van der Waals surface area contributed by atoms with Gasteiger partial charge in [0.2, 0.25) is 0 Å². The van der Waals surface area contributed by atoms with E-state index in [9.17, 15) is 4.79 Å². The Morgan fingerprint density at radius 2 is 2.08 bits per heavy atom. The molecule has 1 heterocycles. The van der Waals surface area contributed by atoms with Gasteiger partial charge >= 0.3 is 0 Å². The number of nitrogens with zero attached hydrogens (tertiary/aromatic N) is 1. The fourth-order valence-corrected chi connectivity index (χ4v) is 3.62. The molecule has 0 saturated heterocycles. The lowest BCUT2D eigenvalue weighted by atomic mass is 9.84. The summed E-state index contributed by atoms with van der Waals surface area (Å²) in [5, 5.41) is 10.5. The van der Waals surface area contributed by atoms with Crippen LogP contribution in [0.25, 0.3) is 0 Å². The van der Waals surface area contributed by atoms with Crippen LogP contribution in [-0.4, -0.2) is 22.7 Å². The van der Waals surface area contributed by atoms with Crippen LogP contribution in [-0.2, 0) is 4.79 Å². The summed E-state index contributed by atoms with van der Waals surface area (Å²) in [6.45, 7) is 3.68. The molecule has 0 aliphatic heterocycles. The van der Waals surface area contributed by atoms with Crippen molar-refractivity contribution in [1.29, 1.82) is 0 Å². The third-order valence-corrected chi connectivity index (χ3v) is 5.00. The molecule has 1 amide bonds. The van der Waals surface area contributed by atoms with Crippen LogP contribution < -0.4 is 10.1 Å². The van der Waals surface area contributed by atoms with Crippen molar-refractivity contribution < 1.29 is 9.53 Å². The monoisotopic (exact) mass is 361 g/mol. The number of anilines is 1. The summed E-state index contributed by atoms with van der Waals surface area (Å²) >= 11 is 6.18. The molecule has 0 atom stereocenters. The van der Waals surface area contributed by atoms with Gasteiger partial charge < -0.3 is 10.1 Å². The van der Waals surface area contributed by atoms with Crippen LogP contribution in [0.4, 0.5) is 5.69 Å². The number of rotatable bonds is 5. The lowest BCUT2D eigenvalue weighted by Crippen LogP contribution is -2.21. The van der Waals surface area contributed by atoms with E-state index in [1.807, 2.05) is 32.0 Å². The number of benzene rings is 1. The Bertz CT molecular complexity index is 732. The Morgan fingerprint density at radius 3 is 2.76 bits per heavy atom. The number of amides is 1. The normalized spacial score (nSPS) is 15.2. The highest BCUT2D eigenvalue weighted by Gasteiger charge is 2.20. The molecule has 6 heteroatoms. The molecule has 0 unspecified atom stereocenters. The van der Waals surface area contributed by atoms with Gasteiger partial charge in [-0.2, -0.15) is 5.10 Å². The topological polar surface area (TPSA) is 67.0 Å². The van der Waals surface area contributed by atoms with Crippen LogP contribution in [0.3, 0.4) is 0 Å². The maximum atomic E-state index is 12.2. The smallest absolute Gasteiger partial charge is 0.262 e. The van der Waals surface area contributed by atoms with E-state index in [-0.39, 0.29) is 12.5 Å².